The highest BCUT2D eigenvalue weighted by Gasteiger charge is 2.19. The number of benzene rings is 1. The minimum atomic E-state index is -0.304. The minimum Gasteiger partial charge on any atom is -0.486 e. The molecule has 2 aromatic heterocycles. The molecule has 0 fully saturated rings. The molecule has 0 saturated carbocycles. The topological polar surface area (TPSA) is 78.3 Å². The predicted octanol–water partition coefficient (Wildman–Crippen LogP) is 3.69. The van der Waals surface area contributed by atoms with Crippen LogP contribution in [0.15, 0.2) is 30.6 Å². The number of ether oxygens (including phenoxy) is 2. The maximum absolute atomic E-state index is 12.6. The third-order valence-electron chi connectivity index (χ3n) is 4.04. The molecule has 1 aliphatic rings. The molecule has 0 unspecified atom stereocenters. The van der Waals surface area contributed by atoms with Crippen molar-refractivity contribution in [1.29, 1.82) is 0 Å². The van der Waals surface area contributed by atoms with Gasteiger partial charge in [0.2, 0.25) is 0 Å². The Morgan fingerprint density at radius 3 is 2.85 bits per heavy atom. The normalized spacial score (nSPS) is 13.2. The van der Waals surface area contributed by atoms with Crippen LogP contribution in [0.25, 0.3) is 11.0 Å². The number of aromatic nitrogens is 3. The van der Waals surface area contributed by atoms with Gasteiger partial charge in [-0.25, -0.2) is 9.67 Å². The fourth-order valence-corrected chi connectivity index (χ4v) is 3.10. The smallest absolute Gasteiger partial charge is 0.255 e. The number of hydrogen-bond acceptors (Lipinski definition) is 5. The molecule has 8 heteroatoms. The molecular weight excluding hydrogens is 356 g/mol. The van der Waals surface area contributed by atoms with E-state index in [1.807, 2.05) is 24.6 Å². The van der Waals surface area contributed by atoms with Crippen molar-refractivity contribution in [3.8, 4) is 11.5 Å². The van der Waals surface area contributed by atoms with Gasteiger partial charge in [0.15, 0.2) is 17.1 Å². The number of amides is 1. The number of halogens is 1. The van der Waals surface area contributed by atoms with Crippen molar-refractivity contribution in [2.45, 2.75) is 19.9 Å². The average molecular weight is 373 g/mol. The molecule has 0 spiro atoms. The second-order valence-corrected chi connectivity index (χ2v) is 6.66. The number of fused-ring (bicyclic) bond motifs is 2. The van der Waals surface area contributed by atoms with Gasteiger partial charge in [-0.05, 0) is 32.0 Å². The minimum absolute atomic E-state index is 0.209. The number of rotatable bonds is 3. The molecule has 0 bridgehead atoms. The molecule has 0 atom stereocenters. The maximum Gasteiger partial charge on any atom is 0.255 e. The van der Waals surface area contributed by atoms with Crippen LogP contribution in [0, 0.1) is 0 Å². The summed E-state index contributed by atoms with van der Waals surface area (Å²) < 4.78 is 12.8. The average Bonchev–Trinajstić information content (AvgIpc) is 3.05. The maximum atomic E-state index is 12.6. The summed E-state index contributed by atoms with van der Waals surface area (Å²) >= 11 is 6.20. The van der Waals surface area contributed by atoms with E-state index in [1.165, 1.54) is 0 Å². The van der Waals surface area contributed by atoms with E-state index in [2.05, 4.69) is 15.4 Å². The van der Waals surface area contributed by atoms with Gasteiger partial charge in [0.1, 0.15) is 13.2 Å². The van der Waals surface area contributed by atoms with Gasteiger partial charge < -0.3 is 14.8 Å². The van der Waals surface area contributed by atoms with Crippen molar-refractivity contribution < 1.29 is 14.3 Å². The van der Waals surface area contributed by atoms with Crippen LogP contribution >= 0.6 is 11.6 Å². The van der Waals surface area contributed by atoms with E-state index in [-0.39, 0.29) is 11.9 Å². The number of anilines is 1. The molecule has 4 rings (SSSR count). The Balaban J connectivity index is 1.60. The van der Waals surface area contributed by atoms with Crippen LogP contribution in [0.5, 0.6) is 11.5 Å². The van der Waals surface area contributed by atoms with Gasteiger partial charge in [-0.15, -0.1) is 0 Å². The molecule has 1 N–H and O–H groups in total. The van der Waals surface area contributed by atoms with Crippen LogP contribution in [-0.4, -0.2) is 33.9 Å². The van der Waals surface area contributed by atoms with Crippen molar-refractivity contribution >= 4 is 34.2 Å². The van der Waals surface area contributed by atoms with Crippen molar-refractivity contribution in [3.63, 3.8) is 0 Å². The molecule has 0 saturated heterocycles. The Bertz CT molecular complexity index is 1000. The summed E-state index contributed by atoms with van der Waals surface area (Å²) in [6, 6.07) is 5.23. The van der Waals surface area contributed by atoms with E-state index in [4.69, 9.17) is 21.1 Å². The predicted molar refractivity (Wildman–Crippen MR) is 98.3 cm³/mol. The van der Waals surface area contributed by atoms with E-state index in [1.54, 1.807) is 24.5 Å². The molecule has 3 aromatic rings. The Kier molecular flexibility index (Phi) is 4.16. The lowest BCUT2D eigenvalue weighted by molar-refractivity contribution is 0.102. The van der Waals surface area contributed by atoms with Gasteiger partial charge in [0.25, 0.3) is 5.91 Å². The quantitative estimate of drug-likeness (QED) is 0.758. The van der Waals surface area contributed by atoms with E-state index in [9.17, 15) is 4.79 Å². The molecule has 26 heavy (non-hydrogen) atoms. The van der Waals surface area contributed by atoms with E-state index in [0.29, 0.717) is 41.0 Å². The Hall–Kier alpha value is -2.80. The van der Waals surface area contributed by atoms with Crippen LogP contribution in [0.1, 0.15) is 30.2 Å². The number of nitrogens with one attached hydrogen (secondary N) is 1. The van der Waals surface area contributed by atoms with Crippen molar-refractivity contribution in [2.24, 2.45) is 0 Å². The lowest BCUT2D eigenvalue weighted by Gasteiger charge is -2.20. The first-order chi connectivity index (χ1) is 12.5. The highest BCUT2D eigenvalue weighted by atomic mass is 35.5. The summed E-state index contributed by atoms with van der Waals surface area (Å²) in [5.41, 5.74) is 1.74. The summed E-state index contributed by atoms with van der Waals surface area (Å²) in [6.07, 6.45) is 3.35. The number of carbonyl (C=O) groups is 1. The van der Waals surface area contributed by atoms with Gasteiger partial charge in [-0.3, -0.25) is 4.79 Å². The van der Waals surface area contributed by atoms with E-state index in [0.717, 1.165) is 11.0 Å². The van der Waals surface area contributed by atoms with Crippen LogP contribution in [0.2, 0.25) is 5.02 Å². The van der Waals surface area contributed by atoms with Crippen LogP contribution in [0.4, 0.5) is 5.69 Å². The standard InChI is InChI=1S/C18H17ClN4O3/c1-10(2)23-17-12(8-21-23)5-13(9-20-17)22-18(24)11-6-14(19)16-15(7-11)25-3-4-26-16/h5-10H,3-4H2,1-2H3,(H,22,24). The summed E-state index contributed by atoms with van der Waals surface area (Å²) in [7, 11) is 0. The van der Waals surface area contributed by atoms with E-state index < -0.39 is 0 Å². The Labute approximate surface area is 154 Å². The van der Waals surface area contributed by atoms with Gasteiger partial charge in [-0.1, -0.05) is 11.6 Å². The zero-order valence-corrected chi connectivity index (χ0v) is 15.1. The third kappa shape index (κ3) is 2.94. The largest absolute Gasteiger partial charge is 0.486 e. The molecular formula is C18H17ClN4O3. The number of hydrogen-bond donors (Lipinski definition) is 1. The first-order valence-electron chi connectivity index (χ1n) is 8.26. The fourth-order valence-electron chi connectivity index (χ4n) is 2.83. The zero-order valence-electron chi connectivity index (χ0n) is 14.3. The fraction of sp³-hybridized carbons (Fsp3) is 0.278. The van der Waals surface area contributed by atoms with Crippen LogP contribution in [0.3, 0.4) is 0 Å². The molecule has 7 nitrogen and oxygen atoms in total. The summed E-state index contributed by atoms with van der Waals surface area (Å²) in [4.78, 5) is 17.0. The first-order valence-corrected chi connectivity index (χ1v) is 8.64. The molecule has 1 aliphatic heterocycles. The Morgan fingerprint density at radius 2 is 2.04 bits per heavy atom. The number of nitrogens with zero attached hydrogens (tertiary/aromatic N) is 3. The highest BCUT2D eigenvalue weighted by molar-refractivity contribution is 6.32. The Morgan fingerprint density at radius 1 is 1.23 bits per heavy atom. The summed E-state index contributed by atoms with van der Waals surface area (Å²) in [5, 5.41) is 8.36. The molecule has 0 aliphatic carbocycles. The number of carbonyl (C=O) groups excluding carboxylic acids is 1. The highest BCUT2D eigenvalue weighted by Crippen LogP contribution is 2.38. The first kappa shape index (κ1) is 16.7. The van der Waals surface area contributed by atoms with Crippen molar-refractivity contribution in [2.75, 3.05) is 18.5 Å². The SMILES string of the molecule is CC(C)n1ncc2cc(NC(=O)c3cc(Cl)c4c(c3)OCCO4)cnc21. The second-order valence-electron chi connectivity index (χ2n) is 6.26. The monoisotopic (exact) mass is 372 g/mol. The van der Waals surface area contributed by atoms with E-state index >= 15 is 0 Å². The van der Waals surface area contributed by atoms with Gasteiger partial charge in [0.05, 0.1) is 23.1 Å². The van der Waals surface area contributed by atoms with Crippen molar-refractivity contribution in [1.82, 2.24) is 14.8 Å². The second kappa shape index (κ2) is 6.49. The van der Waals surface area contributed by atoms with Gasteiger partial charge in [-0.2, -0.15) is 5.10 Å². The lowest BCUT2D eigenvalue weighted by atomic mass is 10.1. The molecule has 0 radical (unpaired) electrons. The zero-order chi connectivity index (χ0) is 18.3. The summed E-state index contributed by atoms with van der Waals surface area (Å²) in [6.45, 7) is 4.94. The van der Waals surface area contributed by atoms with Crippen LogP contribution in [-0.2, 0) is 0 Å². The van der Waals surface area contributed by atoms with Gasteiger partial charge >= 0.3 is 0 Å². The third-order valence-corrected chi connectivity index (χ3v) is 4.32. The lowest BCUT2D eigenvalue weighted by Crippen LogP contribution is -2.17. The molecule has 134 valence electrons. The summed E-state index contributed by atoms with van der Waals surface area (Å²) in [5.74, 6) is 0.639. The number of pyridine rings is 1. The molecule has 1 amide bonds. The van der Waals surface area contributed by atoms with Gasteiger partial charge in [0, 0.05) is 17.0 Å². The van der Waals surface area contributed by atoms with Crippen molar-refractivity contribution in [3.05, 3.63) is 41.2 Å². The molecule has 1 aromatic carbocycles. The van der Waals surface area contributed by atoms with Crippen LogP contribution < -0.4 is 14.8 Å². The molecule has 3 heterocycles.